The summed E-state index contributed by atoms with van der Waals surface area (Å²) in [6.07, 6.45) is 6.08. The van der Waals surface area contributed by atoms with E-state index in [4.69, 9.17) is 5.11 Å². The summed E-state index contributed by atoms with van der Waals surface area (Å²) >= 11 is 0. The van der Waals surface area contributed by atoms with Crippen molar-refractivity contribution in [1.82, 2.24) is 4.98 Å². The maximum Gasteiger partial charge on any atom is 0.352 e. The van der Waals surface area contributed by atoms with Crippen molar-refractivity contribution in [1.29, 1.82) is 0 Å². The van der Waals surface area contributed by atoms with Crippen LogP contribution in [0.25, 0.3) is 12.2 Å². The van der Waals surface area contributed by atoms with E-state index in [1.54, 1.807) is 6.07 Å². The van der Waals surface area contributed by atoms with Gasteiger partial charge in [0.2, 0.25) is 0 Å². The van der Waals surface area contributed by atoms with Crippen LogP contribution in [0, 0.1) is 0 Å². The minimum Gasteiger partial charge on any atom is -0.477 e. The standard InChI is InChI=1S/C9H9NO2/c11-9(12)8-5-6-3-1-2-4-7(6)10-8/h3-5,10H,1-2H2,(H,11,12). The number of aromatic amines is 1. The van der Waals surface area contributed by atoms with E-state index in [-0.39, 0.29) is 5.69 Å². The normalized spacial score (nSPS) is 14.3. The summed E-state index contributed by atoms with van der Waals surface area (Å²) in [7, 11) is 0. The van der Waals surface area contributed by atoms with Crippen LogP contribution in [-0.2, 0) is 0 Å². The average Bonchev–Trinajstić information content (AvgIpc) is 2.46. The number of rotatable bonds is 1. The Kier molecular flexibility index (Phi) is 1.50. The number of hydrogen-bond acceptors (Lipinski definition) is 1. The molecule has 1 heterocycles. The minimum absolute atomic E-state index is 0.273. The molecule has 0 amide bonds. The molecule has 3 nitrogen and oxygen atoms in total. The highest BCUT2D eigenvalue weighted by atomic mass is 16.4. The van der Waals surface area contributed by atoms with E-state index in [0.717, 1.165) is 23.4 Å². The molecule has 2 rings (SSSR count). The number of carbonyl (C=O) groups is 1. The maximum absolute atomic E-state index is 10.6. The molecule has 0 unspecified atom stereocenters. The van der Waals surface area contributed by atoms with Crippen LogP contribution in [0.4, 0.5) is 0 Å². The van der Waals surface area contributed by atoms with Gasteiger partial charge in [0.1, 0.15) is 5.69 Å². The predicted molar refractivity (Wildman–Crippen MR) is 45.2 cm³/mol. The van der Waals surface area contributed by atoms with Gasteiger partial charge in [0.05, 0.1) is 0 Å². The molecule has 1 aliphatic carbocycles. The summed E-state index contributed by atoms with van der Waals surface area (Å²) in [5.41, 5.74) is 0.273. The monoisotopic (exact) mass is 163 g/mol. The van der Waals surface area contributed by atoms with Crippen molar-refractivity contribution < 1.29 is 9.90 Å². The Labute approximate surface area is 69.0 Å². The summed E-state index contributed by atoms with van der Waals surface area (Å²) in [6, 6.07) is 1.67. The number of nitrogens with one attached hydrogen (secondary N) is 1. The zero-order valence-corrected chi connectivity index (χ0v) is 6.50. The van der Waals surface area contributed by atoms with Crippen molar-refractivity contribution >= 4 is 18.1 Å². The van der Waals surface area contributed by atoms with Crippen LogP contribution in [0.15, 0.2) is 6.07 Å². The molecule has 0 spiro atoms. The molecule has 0 aromatic carbocycles. The molecule has 62 valence electrons. The van der Waals surface area contributed by atoms with Gasteiger partial charge >= 0.3 is 5.97 Å². The molecule has 1 aromatic heterocycles. The first-order valence-corrected chi connectivity index (χ1v) is 3.90. The van der Waals surface area contributed by atoms with E-state index < -0.39 is 5.97 Å². The SMILES string of the molecule is O=C(O)c1cc2c([nH]1)=CCCC=2. The highest BCUT2D eigenvalue weighted by molar-refractivity contribution is 5.85. The second-order valence-electron chi connectivity index (χ2n) is 2.84. The Hall–Kier alpha value is -1.51. The Balaban J connectivity index is 2.68. The number of carboxylic acids is 1. The van der Waals surface area contributed by atoms with Crippen molar-refractivity contribution in [2.45, 2.75) is 12.8 Å². The van der Waals surface area contributed by atoms with Crippen LogP contribution in [0.2, 0.25) is 0 Å². The number of aromatic carboxylic acids is 1. The van der Waals surface area contributed by atoms with Gasteiger partial charge < -0.3 is 10.1 Å². The van der Waals surface area contributed by atoms with Crippen LogP contribution in [0.5, 0.6) is 0 Å². The number of fused-ring (bicyclic) bond motifs is 1. The maximum atomic E-state index is 10.6. The molecular formula is C9H9NO2. The molecule has 0 fully saturated rings. The molecule has 0 atom stereocenters. The molecule has 0 bridgehead atoms. The molecule has 3 heteroatoms. The Bertz CT molecular complexity index is 394. The number of aromatic nitrogens is 1. The molecular weight excluding hydrogens is 154 g/mol. The second kappa shape index (κ2) is 2.52. The van der Waals surface area contributed by atoms with Gasteiger partial charge in [-0.25, -0.2) is 4.79 Å². The molecule has 1 aromatic rings. The van der Waals surface area contributed by atoms with Crippen LogP contribution >= 0.6 is 0 Å². The molecule has 0 saturated heterocycles. The van der Waals surface area contributed by atoms with Gasteiger partial charge in [-0.3, -0.25) is 0 Å². The summed E-state index contributed by atoms with van der Waals surface area (Å²) in [4.78, 5) is 13.4. The molecule has 0 aliphatic heterocycles. The van der Waals surface area contributed by atoms with Crippen LogP contribution in [-0.4, -0.2) is 16.1 Å². The highest BCUT2D eigenvalue weighted by Crippen LogP contribution is 1.95. The summed E-state index contributed by atoms with van der Waals surface area (Å²) in [5, 5.41) is 10.6. The van der Waals surface area contributed by atoms with Crippen LogP contribution < -0.4 is 10.6 Å². The number of hydrogen-bond donors (Lipinski definition) is 2. The van der Waals surface area contributed by atoms with Crippen LogP contribution in [0.3, 0.4) is 0 Å². The molecule has 2 N–H and O–H groups in total. The van der Waals surface area contributed by atoms with E-state index in [0.29, 0.717) is 0 Å². The lowest BCUT2D eigenvalue weighted by Crippen LogP contribution is -2.23. The summed E-state index contributed by atoms with van der Waals surface area (Å²) < 4.78 is 0. The van der Waals surface area contributed by atoms with Crippen molar-refractivity contribution in [3.8, 4) is 0 Å². The summed E-state index contributed by atoms with van der Waals surface area (Å²) in [5.74, 6) is -0.897. The smallest absolute Gasteiger partial charge is 0.352 e. The third-order valence-corrected chi connectivity index (χ3v) is 1.99. The second-order valence-corrected chi connectivity index (χ2v) is 2.84. The van der Waals surface area contributed by atoms with Gasteiger partial charge in [-0.15, -0.1) is 0 Å². The lowest BCUT2D eigenvalue weighted by Gasteiger charge is -1.91. The molecule has 0 saturated carbocycles. The van der Waals surface area contributed by atoms with E-state index in [1.165, 1.54) is 0 Å². The quantitative estimate of drug-likeness (QED) is 0.615. The van der Waals surface area contributed by atoms with Gasteiger partial charge in [-0.2, -0.15) is 0 Å². The van der Waals surface area contributed by atoms with Gasteiger partial charge in [0.15, 0.2) is 0 Å². The first-order valence-electron chi connectivity index (χ1n) is 3.90. The lowest BCUT2D eigenvalue weighted by molar-refractivity contribution is 0.0691. The zero-order chi connectivity index (χ0) is 8.55. The lowest BCUT2D eigenvalue weighted by atomic mass is 10.2. The largest absolute Gasteiger partial charge is 0.477 e. The molecule has 1 aliphatic rings. The van der Waals surface area contributed by atoms with Crippen LogP contribution in [0.1, 0.15) is 23.3 Å². The number of H-pyrrole nitrogens is 1. The van der Waals surface area contributed by atoms with E-state index in [9.17, 15) is 4.79 Å². The Morgan fingerprint density at radius 1 is 1.42 bits per heavy atom. The van der Waals surface area contributed by atoms with Gasteiger partial charge in [0.25, 0.3) is 0 Å². The fraction of sp³-hybridized carbons (Fsp3) is 0.222. The van der Waals surface area contributed by atoms with Crippen molar-refractivity contribution in [3.63, 3.8) is 0 Å². The third kappa shape index (κ3) is 1.03. The topological polar surface area (TPSA) is 53.1 Å². The molecule has 0 radical (unpaired) electrons. The van der Waals surface area contributed by atoms with E-state index >= 15 is 0 Å². The van der Waals surface area contributed by atoms with E-state index in [1.807, 2.05) is 6.08 Å². The fourth-order valence-corrected chi connectivity index (χ4v) is 1.41. The van der Waals surface area contributed by atoms with Gasteiger partial charge in [-0.1, -0.05) is 12.2 Å². The first-order chi connectivity index (χ1) is 5.77. The van der Waals surface area contributed by atoms with E-state index in [2.05, 4.69) is 11.1 Å². The first kappa shape index (κ1) is 7.16. The predicted octanol–water partition coefficient (Wildman–Crippen LogP) is 0.0677. The Morgan fingerprint density at radius 3 is 2.83 bits per heavy atom. The molecule has 12 heavy (non-hydrogen) atoms. The van der Waals surface area contributed by atoms with Gasteiger partial charge in [-0.05, 0) is 24.1 Å². The number of carboxylic acid groups (broad SMARTS) is 1. The Morgan fingerprint density at radius 2 is 2.17 bits per heavy atom. The van der Waals surface area contributed by atoms with Gasteiger partial charge in [0, 0.05) is 5.35 Å². The van der Waals surface area contributed by atoms with Crippen molar-refractivity contribution in [2.24, 2.45) is 0 Å². The third-order valence-electron chi connectivity index (χ3n) is 1.99. The summed E-state index contributed by atoms with van der Waals surface area (Å²) in [6.45, 7) is 0. The minimum atomic E-state index is -0.897. The fourth-order valence-electron chi connectivity index (χ4n) is 1.41. The van der Waals surface area contributed by atoms with Crippen molar-refractivity contribution in [3.05, 3.63) is 22.3 Å². The highest BCUT2D eigenvalue weighted by Gasteiger charge is 2.05. The average molecular weight is 163 g/mol. The van der Waals surface area contributed by atoms with Crippen molar-refractivity contribution in [2.75, 3.05) is 0 Å². The zero-order valence-electron chi connectivity index (χ0n) is 6.50.